The van der Waals surface area contributed by atoms with Crippen LogP contribution in [0.25, 0.3) is 0 Å². The maximum absolute atomic E-state index is 10.9. The minimum absolute atomic E-state index is 0.108. The number of hydrogen-bond acceptors (Lipinski definition) is 5. The molecule has 1 fully saturated rings. The van der Waals surface area contributed by atoms with Crippen LogP contribution < -0.4 is 5.73 Å². The highest BCUT2D eigenvalue weighted by Crippen LogP contribution is 2.15. The molecule has 5 nitrogen and oxygen atoms in total. The first-order valence-electron chi connectivity index (χ1n) is 3.86. The number of nitrogens with two attached hydrogens (primary N) is 1. The molecule has 0 amide bonds. The molecule has 0 radical (unpaired) electrons. The second-order valence-corrected chi connectivity index (χ2v) is 3.09. The summed E-state index contributed by atoms with van der Waals surface area (Å²) in [5.74, 6) is -0.463. The van der Waals surface area contributed by atoms with Crippen molar-refractivity contribution in [2.45, 2.75) is 37.2 Å². The van der Waals surface area contributed by atoms with E-state index in [1.807, 2.05) is 0 Å². The first-order chi connectivity index (χ1) is 5.54. The lowest BCUT2D eigenvalue weighted by Gasteiger charge is -2.21. The Balaban J connectivity index is 2.75. The van der Waals surface area contributed by atoms with Gasteiger partial charge in [0.2, 0.25) is 0 Å². The van der Waals surface area contributed by atoms with E-state index >= 15 is 0 Å². The van der Waals surface area contributed by atoms with Gasteiger partial charge in [-0.25, -0.2) is 0 Å². The van der Waals surface area contributed by atoms with E-state index in [1.54, 1.807) is 0 Å². The normalized spacial score (nSPS) is 44.2. The van der Waals surface area contributed by atoms with Crippen molar-refractivity contribution in [1.29, 1.82) is 0 Å². The first kappa shape index (κ1) is 9.60. The first-order valence-corrected chi connectivity index (χ1v) is 3.86. The van der Waals surface area contributed by atoms with Crippen LogP contribution in [-0.2, 0) is 4.79 Å². The molecule has 1 aliphatic rings. The van der Waals surface area contributed by atoms with Crippen molar-refractivity contribution in [3.05, 3.63) is 0 Å². The summed E-state index contributed by atoms with van der Waals surface area (Å²) >= 11 is 0. The average molecular weight is 175 g/mol. The molecule has 0 heterocycles. The summed E-state index contributed by atoms with van der Waals surface area (Å²) < 4.78 is 0. The summed E-state index contributed by atoms with van der Waals surface area (Å²) in [4.78, 5) is 10.9. The lowest BCUT2D eigenvalue weighted by atomic mass is 10.0. The SMILES string of the molecule is N[C@H]1CCC(=O)[C@@H](O)[C@H](O)[C@@H]1O. The lowest BCUT2D eigenvalue weighted by molar-refractivity contribution is -0.136. The van der Waals surface area contributed by atoms with E-state index in [0.717, 1.165) is 0 Å². The summed E-state index contributed by atoms with van der Waals surface area (Å²) in [5.41, 5.74) is 5.42. The van der Waals surface area contributed by atoms with Gasteiger partial charge in [0.1, 0.15) is 12.2 Å². The molecule has 0 aromatic rings. The minimum Gasteiger partial charge on any atom is -0.389 e. The number of Topliss-reactive ketones (excluding diaryl/α,β-unsaturated/α-hetero) is 1. The lowest BCUT2D eigenvalue weighted by Crippen LogP contribution is -2.47. The van der Waals surface area contributed by atoms with Crippen molar-refractivity contribution < 1.29 is 20.1 Å². The maximum Gasteiger partial charge on any atom is 0.164 e. The third kappa shape index (κ3) is 1.64. The number of hydrogen-bond donors (Lipinski definition) is 4. The van der Waals surface area contributed by atoms with Gasteiger partial charge in [0.15, 0.2) is 5.78 Å². The summed E-state index contributed by atoms with van der Waals surface area (Å²) in [6, 6.07) is -0.638. The summed E-state index contributed by atoms with van der Waals surface area (Å²) in [5, 5.41) is 27.5. The molecular formula is C7H13NO4. The number of aliphatic hydroxyl groups is 3. The van der Waals surface area contributed by atoms with E-state index in [-0.39, 0.29) is 6.42 Å². The number of carbonyl (C=O) groups is 1. The van der Waals surface area contributed by atoms with E-state index in [1.165, 1.54) is 0 Å². The molecule has 12 heavy (non-hydrogen) atoms. The number of ketones is 1. The molecule has 0 aliphatic heterocycles. The van der Waals surface area contributed by atoms with Crippen molar-refractivity contribution in [3.8, 4) is 0 Å². The number of aliphatic hydroxyl groups excluding tert-OH is 3. The molecule has 5 N–H and O–H groups in total. The number of carbonyl (C=O) groups excluding carboxylic acids is 1. The molecule has 0 spiro atoms. The molecule has 0 aromatic carbocycles. The van der Waals surface area contributed by atoms with Crippen LogP contribution >= 0.6 is 0 Å². The monoisotopic (exact) mass is 175 g/mol. The van der Waals surface area contributed by atoms with Gasteiger partial charge in [-0.2, -0.15) is 0 Å². The predicted octanol–water partition coefficient (Wildman–Crippen LogP) is -2.24. The van der Waals surface area contributed by atoms with Crippen LogP contribution in [-0.4, -0.2) is 45.5 Å². The highest BCUT2D eigenvalue weighted by atomic mass is 16.4. The fourth-order valence-electron chi connectivity index (χ4n) is 1.26. The van der Waals surface area contributed by atoms with Crippen molar-refractivity contribution in [2.75, 3.05) is 0 Å². The smallest absolute Gasteiger partial charge is 0.164 e. The third-order valence-corrected chi connectivity index (χ3v) is 2.17. The van der Waals surface area contributed by atoms with E-state index in [0.29, 0.717) is 6.42 Å². The molecule has 0 saturated heterocycles. The van der Waals surface area contributed by atoms with Crippen LogP contribution in [0.5, 0.6) is 0 Å². The minimum atomic E-state index is -1.49. The molecule has 1 aliphatic carbocycles. The zero-order valence-corrected chi connectivity index (χ0v) is 6.55. The van der Waals surface area contributed by atoms with Crippen molar-refractivity contribution in [3.63, 3.8) is 0 Å². The predicted molar refractivity (Wildman–Crippen MR) is 40.2 cm³/mol. The Bertz CT molecular complexity index is 184. The summed E-state index contributed by atoms with van der Waals surface area (Å²) in [6.07, 6.45) is -3.75. The molecule has 4 atom stereocenters. The molecule has 70 valence electrons. The van der Waals surface area contributed by atoms with E-state index < -0.39 is 30.1 Å². The Morgan fingerprint density at radius 2 is 1.83 bits per heavy atom. The van der Waals surface area contributed by atoms with Gasteiger partial charge in [-0.1, -0.05) is 0 Å². The van der Waals surface area contributed by atoms with Gasteiger partial charge in [0, 0.05) is 12.5 Å². The van der Waals surface area contributed by atoms with Crippen LogP contribution in [0.4, 0.5) is 0 Å². The molecule has 0 aromatic heterocycles. The quantitative estimate of drug-likeness (QED) is 0.312. The van der Waals surface area contributed by atoms with Gasteiger partial charge in [-0.05, 0) is 6.42 Å². The largest absolute Gasteiger partial charge is 0.389 e. The Kier molecular flexibility index (Phi) is 2.79. The van der Waals surface area contributed by atoms with Gasteiger partial charge in [0.05, 0.1) is 6.10 Å². The fraction of sp³-hybridized carbons (Fsp3) is 0.857. The zero-order chi connectivity index (χ0) is 9.30. The Morgan fingerprint density at radius 3 is 2.42 bits per heavy atom. The van der Waals surface area contributed by atoms with Gasteiger partial charge < -0.3 is 21.1 Å². The van der Waals surface area contributed by atoms with Crippen LogP contribution in [0.3, 0.4) is 0 Å². The Morgan fingerprint density at radius 1 is 1.25 bits per heavy atom. The molecular weight excluding hydrogens is 162 g/mol. The van der Waals surface area contributed by atoms with Gasteiger partial charge >= 0.3 is 0 Å². The van der Waals surface area contributed by atoms with Crippen LogP contribution in [0.1, 0.15) is 12.8 Å². The van der Waals surface area contributed by atoms with Crippen molar-refractivity contribution >= 4 is 5.78 Å². The Hall–Kier alpha value is -0.490. The van der Waals surface area contributed by atoms with E-state index in [2.05, 4.69) is 0 Å². The zero-order valence-electron chi connectivity index (χ0n) is 6.55. The maximum atomic E-state index is 10.9. The van der Waals surface area contributed by atoms with Crippen LogP contribution in [0, 0.1) is 0 Å². The summed E-state index contributed by atoms with van der Waals surface area (Å²) in [7, 11) is 0. The Labute approximate surface area is 69.8 Å². The third-order valence-electron chi connectivity index (χ3n) is 2.17. The van der Waals surface area contributed by atoms with Gasteiger partial charge in [-0.3, -0.25) is 4.79 Å². The van der Waals surface area contributed by atoms with E-state index in [4.69, 9.17) is 15.9 Å². The van der Waals surface area contributed by atoms with Gasteiger partial charge in [0.25, 0.3) is 0 Å². The molecule has 5 heteroatoms. The molecule has 0 unspecified atom stereocenters. The van der Waals surface area contributed by atoms with Crippen LogP contribution in [0.2, 0.25) is 0 Å². The van der Waals surface area contributed by atoms with E-state index in [9.17, 15) is 9.90 Å². The average Bonchev–Trinajstić information content (AvgIpc) is 2.14. The molecule has 1 rings (SSSR count). The standard InChI is InChI=1S/C7H13NO4/c8-3-1-2-4(9)6(11)7(12)5(3)10/h3,5-7,10-12H,1-2,8H2/t3-,5+,6+,7+/m0/s1. The van der Waals surface area contributed by atoms with Crippen molar-refractivity contribution in [2.24, 2.45) is 5.73 Å². The summed E-state index contributed by atoms with van der Waals surface area (Å²) in [6.45, 7) is 0. The highest BCUT2D eigenvalue weighted by Gasteiger charge is 2.36. The number of rotatable bonds is 0. The fourth-order valence-corrected chi connectivity index (χ4v) is 1.26. The molecule has 1 saturated carbocycles. The second kappa shape index (κ2) is 3.49. The topological polar surface area (TPSA) is 104 Å². The molecule has 0 bridgehead atoms. The highest BCUT2D eigenvalue weighted by molar-refractivity contribution is 5.83. The second-order valence-electron chi connectivity index (χ2n) is 3.09. The van der Waals surface area contributed by atoms with Crippen LogP contribution in [0.15, 0.2) is 0 Å². The van der Waals surface area contributed by atoms with Crippen molar-refractivity contribution in [1.82, 2.24) is 0 Å². The van der Waals surface area contributed by atoms with Gasteiger partial charge in [-0.15, -0.1) is 0 Å².